The molecule has 0 unspecified atom stereocenters. The molecule has 0 radical (unpaired) electrons. The molecule has 2 aliphatic heterocycles. The minimum Gasteiger partial charge on any atom is -0.491 e. The number of hydrogen-bond acceptors (Lipinski definition) is 3. The Balaban J connectivity index is 1.34. The highest BCUT2D eigenvalue weighted by molar-refractivity contribution is 5.95. The highest BCUT2D eigenvalue weighted by Crippen LogP contribution is 2.22. The lowest BCUT2D eigenvalue weighted by molar-refractivity contribution is 0.0690. The predicted octanol–water partition coefficient (Wildman–Crippen LogP) is 3.75. The van der Waals surface area contributed by atoms with Crippen molar-refractivity contribution in [2.75, 3.05) is 26.2 Å². The zero-order chi connectivity index (χ0) is 20.2. The Morgan fingerprint density at radius 2 is 1.48 bits per heavy atom. The van der Waals surface area contributed by atoms with Crippen LogP contribution in [0.3, 0.4) is 0 Å². The van der Waals surface area contributed by atoms with E-state index in [2.05, 4.69) is 0 Å². The molecule has 2 aliphatic rings. The molecule has 0 saturated carbocycles. The van der Waals surface area contributed by atoms with Crippen molar-refractivity contribution in [2.24, 2.45) is 0 Å². The maximum absolute atomic E-state index is 13.1. The molecule has 2 amide bonds. The normalized spacial score (nSPS) is 18.9. The fourth-order valence-electron chi connectivity index (χ4n) is 4.02. The molecule has 0 bridgehead atoms. The standard InChI is InChI=1S/C23H25FN2O3/c24-19-9-5-18(6-10-19)23(28)26-15-3-4-20(26)16-29-21-11-7-17(8-12-21)22(27)25-13-1-2-14-25/h5-12,20H,1-4,13-16H2/t20-/m0/s1. The number of rotatable bonds is 5. The second kappa shape index (κ2) is 8.64. The van der Waals surface area contributed by atoms with Crippen LogP contribution in [0, 0.1) is 5.82 Å². The van der Waals surface area contributed by atoms with E-state index in [-0.39, 0.29) is 23.7 Å². The SMILES string of the molecule is O=C(c1ccc(OC[C@@H]2CCCN2C(=O)c2ccc(F)cc2)cc1)N1CCCC1. The lowest BCUT2D eigenvalue weighted by Gasteiger charge is -2.25. The van der Waals surface area contributed by atoms with Crippen LogP contribution >= 0.6 is 0 Å². The van der Waals surface area contributed by atoms with Gasteiger partial charge in [0.2, 0.25) is 0 Å². The second-order valence-corrected chi connectivity index (χ2v) is 7.64. The maximum atomic E-state index is 13.1. The van der Waals surface area contributed by atoms with Crippen LogP contribution in [0.4, 0.5) is 4.39 Å². The van der Waals surface area contributed by atoms with Gasteiger partial charge < -0.3 is 14.5 Å². The summed E-state index contributed by atoms with van der Waals surface area (Å²) in [7, 11) is 0. The summed E-state index contributed by atoms with van der Waals surface area (Å²) in [6.07, 6.45) is 3.94. The van der Waals surface area contributed by atoms with Gasteiger partial charge in [-0.2, -0.15) is 0 Å². The quantitative estimate of drug-likeness (QED) is 0.774. The van der Waals surface area contributed by atoms with Crippen LogP contribution < -0.4 is 4.74 Å². The number of carbonyl (C=O) groups excluding carboxylic acids is 2. The van der Waals surface area contributed by atoms with Crippen molar-refractivity contribution in [3.8, 4) is 5.75 Å². The second-order valence-electron chi connectivity index (χ2n) is 7.64. The van der Waals surface area contributed by atoms with E-state index in [1.165, 1.54) is 24.3 Å². The summed E-state index contributed by atoms with van der Waals surface area (Å²) >= 11 is 0. The molecule has 152 valence electrons. The van der Waals surface area contributed by atoms with Crippen LogP contribution in [-0.4, -0.2) is 53.9 Å². The summed E-state index contributed by atoms with van der Waals surface area (Å²) < 4.78 is 19.0. The van der Waals surface area contributed by atoms with Crippen molar-refractivity contribution in [3.63, 3.8) is 0 Å². The van der Waals surface area contributed by atoms with Gasteiger partial charge >= 0.3 is 0 Å². The van der Waals surface area contributed by atoms with Crippen molar-refractivity contribution in [1.82, 2.24) is 9.80 Å². The fourth-order valence-corrected chi connectivity index (χ4v) is 4.02. The Bertz CT molecular complexity index is 861. The van der Waals surface area contributed by atoms with E-state index in [1.54, 1.807) is 17.0 Å². The number of amides is 2. The van der Waals surface area contributed by atoms with Gasteiger partial charge in [0.25, 0.3) is 11.8 Å². The van der Waals surface area contributed by atoms with Gasteiger partial charge in [-0.15, -0.1) is 0 Å². The molecule has 5 nitrogen and oxygen atoms in total. The summed E-state index contributed by atoms with van der Waals surface area (Å²) in [6.45, 7) is 2.73. The van der Waals surface area contributed by atoms with E-state index >= 15 is 0 Å². The third kappa shape index (κ3) is 4.42. The molecule has 0 aromatic heterocycles. The molecule has 2 heterocycles. The van der Waals surface area contributed by atoms with Gasteiger partial charge in [-0.05, 0) is 74.2 Å². The summed E-state index contributed by atoms with van der Waals surface area (Å²) in [5.41, 5.74) is 1.16. The van der Waals surface area contributed by atoms with Crippen LogP contribution in [0.1, 0.15) is 46.4 Å². The highest BCUT2D eigenvalue weighted by Gasteiger charge is 2.30. The Labute approximate surface area is 170 Å². The number of ether oxygens (including phenoxy) is 1. The third-order valence-corrected chi connectivity index (χ3v) is 5.67. The third-order valence-electron chi connectivity index (χ3n) is 5.67. The average Bonchev–Trinajstić information content (AvgIpc) is 3.44. The molecule has 0 aliphatic carbocycles. The molecule has 1 atom stereocenters. The number of halogens is 1. The van der Waals surface area contributed by atoms with E-state index < -0.39 is 0 Å². The minimum absolute atomic E-state index is 0.0153. The zero-order valence-electron chi connectivity index (χ0n) is 16.4. The van der Waals surface area contributed by atoms with E-state index in [1.807, 2.05) is 17.0 Å². The lowest BCUT2D eigenvalue weighted by Crippen LogP contribution is -2.39. The van der Waals surface area contributed by atoms with Crippen LogP contribution in [0.15, 0.2) is 48.5 Å². The maximum Gasteiger partial charge on any atom is 0.254 e. The number of nitrogens with zero attached hydrogens (tertiary/aromatic N) is 2. The number of hydrogen-bond donors (Lipinski definition) is 0. The van der Waals surface area contributed by atoms with Gasteiger partial charge in [-0.1, -0.05) is 0 Å². The molecule has 6 heteroatoms. The molecule has 29 heavy (non-hydrogen) atoms. The van der Waals surface area contributed by atoms with Gasteiger partial charge in [-0.3, -0.25) is 9.59 Å². The summed E-state index contributed by atoms with van der Waals surface area (Å²) in [6, 6.07) is 12.8. The monoisotopic (exact) mass is 396 g/mol. The zero-order valence-corrected chi connectivity index (χ0v) is 16.4. The predicted molar refractivity (Wildman–Crippen MR) is 108 cm³/mol. The van der Waals surface area contributed by atoms with Crippen LogP contribution in [0.2, 0.25) is 0 Å². The first-order valence-electron chi connectivity index (χ1n) is 10.2. The van der Waals surface area contributed by atoms with Crippen molar-refractivity contribution < 1.29 is 18.7 Å². The van der Waals surface area contributed by atoms with Crippen LogP contribution in [-0.2, 0) is 0 Å². The largest absolute Gasteiger partial charge is 0.491 e. The van der Waals surface area contributed by atoms with Crippen molar-refractivity contribution in [1.29, 1.82) is 0 Å². The Kier molecular flexibility index (Phi) is 5.79. The number of carbonyl (C=O) groups is 2. The van der Waals surface area contributed by atoms with E-state index in [0.29, 0.717) is 30.0 Å². The topological polar surface area (TPSA) is 49.9 Å². The minimum atomic E-state index is -0.352. The Morgan fingerprint density at radius 3 is 2.17 bits per heavy atom. The fraction of sp³-hybridized carbons (Fsp3) is 0.391. The Hall–Kier alpha value is -2.89. The van der Waals surface area contributed by atoms with Crippen molar-refractivity contribution in [2.45, 2.75) is 31.7 Å². The Morgan fingerprint density at radius 1 is 0.862 bits per heavy atom. The average molecular weight is 396 g/mol. The molecular weight excluding hydrogens is 371 g/mol. The first-order valence-corrected chi connectivity index (χ1v) is 10.2. The van der Waals surface area contributed by atoms with E-state index in [0.717, 1.165) is 38.8 Å². The molecule has 0 N–H and O–H groups in total. The molecule has 0 spiro atoms. The molecule has 2 aromatic rings. The molecule has 4 rings (SSSR count). The van der Waals surface area contributed by atoms with Crippen molar-refractivity contribution >= 4 is 11.8 Å². The highest BCUT2D eigenvalue weighted by atomic mass is 19.1. The van der Waals surface area contributed by atoms with Gasteiger partial charge in [-0.25, -0.2) is 4.39 Å². The first-order chi connectivity index (χ1) is 14.1. The number of likely N-dealkylation sites (tertiary alicyclic amines) is 2. The summed E-state index contributed by atoms with van der Waals surface area (Å²) in [5.74, 6) is 0.308. The van der Waals surface area contributed by atoms with E-state index in [4.69, 9.17) is 4.74 Å². The molecular formula is C23H25FN2O3. The molecule has 2 aromatic carbocycles. The smallest absolute Gasteiger partial charge is 0.254 e. The molecule has 2 fully saturated rings. The summed E-state index contributed by atoms with van der Waals surface area (Å²) in [4.78, 5) is 28.8. The van der Waals surface area contributed by atoms with Crippen LogP contribution in [0.25, 0.3) is 0 Å². The van der Waals surface area contributed by atoms with Gasteiger partial charge in [0.15, 0.2) is 0 Å². The summed E-state index contributed by atoms with van der Waals surface area (Å²) in [5, 5.41) is 0. The van der Waals surface area contributed by atoms with Gasteiger partial charge in [0, 0.05) is 30.8 Å². The number of benzene rings is 2. The lowest BCUT2D eigenvalue weighted by atomic mass is 10.1. The first kappa shape index (κ1) is 19.4. The van der Waals surface area contributed by atoms with Crippen molar-refractivity contribution in [3.05, 3.63) is 65.5 Å². The molecule has 2 saturated heterocycles. The van der Waals surface area contributed by atoms with E-state index in [9.17, 15) is 14.0 Å². The van der Waals surface area contributed by atoms with Gasteiger partial charge in [0.05, 0.1) is 6.04 Å². The van der Waals surface area contributed by atoms with Gasteiger partial charge in [0.1, 0.15) is 18.2 Å². The van der Waals surface area contributed by atoms with Crippen LogP contribution in [0.5, 0.6) is 5.75 Å².